The van der Waals surface area contributed by atoms with E-state index in [9.17, 15) is 5.26 Å². The summed E-state index contributed by atoms with van der Waals surface area (Å²) < 4.78 is 0. The highest BCUT2D eigenvalue weighted by atomic mass is 15.1. The molecule has 6 aromatic carbocycles. The molecule has 188 valence electrons. The average Bonchev–Trinajstić information content (AvgIpc) is 3.00. The predicted molar refractivity (Wildman–Crippen MR) is 167 cm³/mol. The third-order valence-corrected chi connectivity index (χ3v) is 7.14. The minimum Gasteiger partial charge on any atom is -0.311 e. The van der Waals surface area contributed by atoms with Gasteiger partial charge in [0.15, 0.2) is 0 Å². The molecule has 0 atom stereocenters. The van der Waals surface area contributed by atoms with E-state index < -0.39 is 0 Å². The third-order valence-electron chi connectivity index (χ3n) is 7.14. The summed E-state index contributed by atoms with van der Waals surface area (Å²) in [7, 11) is 0. The van der Waals surface area contributed by atoms with E-state index in [1.54, 1.807) is 0 Å². The number of hydrogen-bond acceptors (Lipinski definition) is 2. The van der Waals surface area contributed by atoms with Crippen molar-refractivity contribution in [2.24, 2.45) is 0 Å². The SMILES string of the molecule is [C-]#[N+]c1c2ccc(C)cc2c(C#N)c2ccc(C=Cc3ccc(N(c4ccccc4)c4ccccc4)cc3)cc12. The molecule has 0 bridgehead atoms. The van der Waals surface area contributed by atoms with E-state index in [1.807, 2.05) is 55.5 Å². The topological polar surface area (TPSA) is 31.4 Å². The molecule has 3 nitrogen and oxygen atoms in total. The van der Waals surface area contributed by atoms with Crippen molar-refractivity contribution in [3.63, 3.8) is 0 Å². The van der Waals surface area contributed by atoms with Crippen LogP contribution in [0.5, 0.6) is 0 Å². The van der Waals surface area contributed by atoms with E-state index in [0.717, 1.165) is 55.3 Å². The maximum atomic E-state index is 9.97. The van der Waals surface area contributed by atoms with Crippen LogP contribution in [-0.4, -0.2) is 0 Å². The number of nitriles is 1. The molecular formula is C37H25N3. The van der Waals surface area contributed by atoms with Crippen LogP contribution in [0.4, 0.5) is 22.7 Å². The van der Waals surface area contributed by atoms with E-state index in [-0.39, 0.29) is 0 Å². The number of nitrogens with zero attached hydrogens (tertiary/aromatic N) is 3. The van der Waals surface area contributed by atoms with Gasteiger partial charge in [0.1, 0.15) is 6.07 Å². The number of anilines is 3. The average molecular weight is 512 g/mol. The van der Waals surface area contributed by atoms with Gasteiger partial charge in [0, 0.05) is 17.1 Å². The van der Waals surface area contributed by atoms with Gasteiger partial charge in [-0.15, -0.1) is 0 Å². The van der Waals surface area contributed by atoms with Crippen LogP contribution in [0, 0.1) is 24.8 Å². The molecule has 0 amide bonds. The van der Waals surface area contributed by atoms with Gasteiger partial charge in [0.2, 0.25) is 5.69 Å². The van der Waals surface area contributed by atoms with Crippen molar-refractivity contribution in [2.45, 2.75) is 6.92 Å². The molecule has 6 rings (SSSR count). The Hall–Kier alpha value is -5.64. The summed E-state index contributed by atoms with van der Waals surface area (Å²) in [5, 5.41) is 13.3. The Morgan fingerprint density at radius 1 is 0.625 bits per heavy atom. The number of para-hydroxylation sites is 2. The molecular weight excluding hydrogens is 486 g/mol. The fourth-order valence-corrected chi connectivity index (χ4v) is 5.21. The lowest BCUT2D eigenvalue weighted by Crippen LogP contribution is -2.09. The first kappa shape index (κ1) is 24.7. The van der Waals surface area contributed by atoms with Crippen molar-refractivity contribution >= 4 is 56.4 Å². The Balaban J connectivity index is 1.35. The van der Waals surface area contributed by atoms with E-state index in [0.29, 0.717) is 11.3 Å². The van der Waals surface area contributed by atoms with Crippen LogP contribution in [0.3, 0.4) is 0 Å². The van der Waals surface area contributed by atoms with Crippen LogP contribution < -0.4 is 4.90 Å². The monoisotopic (exact) mass is 511 g/mol. The molecule has 3 heteroatoms. The summed E-state index contributed by atoms with van der Waals surface area (Å²) >= 11 is 0. The van der Waals surface area contributed by atoms with E-state index >= 15 is 0 Å². The first-order chi connectivity index (χ1) is 19.7. The minimum absolute atomic E-state index is 0.588. The Morgan fingerprint density at radius 3 is 1.82 bits per heavy atom. The van der Waals surface area contributed by atoms with Gasteiger partial charge < -0.3 is 4.90 Å². The number of aryl methyl sites for hydroxylation is 1. The summed E-state index contributed by atoms with van der Waals surface area (Å²) in [6.07, 6.45) is 4.13. The van der Waals surface area contributed by atoms with Crippen LogP contribution in [0.1, 0.15) is 22.3 Å². The Morgan fingerprint density at radius 2 is 1.20 bits per heavy atom. The first-order valence-corrected chi connectivity index (χ1v) is 13.1. The zero-order valence-corrected chi connectivity index (χ0v) is 22.0. The van der Waals surface area contributed by atoms with Crippen LogP contribution in [0.15, 0.2) is 121 Å². The van der Waals surface area contributed by atoms with E-state index in [1.165, 1.54) is 0 Å². The standard InChI is InChI=1S/C37H25N3/c1-26-13-21-33-34(23-26)36(25-38)32-22-18-28(24-35(32)37(33)39-2)15-14-27-16-19-31(20-17-27)40(29-9-5-3-6-10-29)30-11-7-4-8-12-30/h3-24H,1H3. The summed E-state index contributed by atoms with van der Waals surface area (Å²) in [5.74, 6) is 0. The first-order valence-electron chi connectivity index (χ1n) is 13.1. The predicted octanol–water partition coefficient (Wildman–Crippen LogP) is 10.4. The lowest BCUT2D eigenvalue weighted by atomic mass is 9.93. The fourth-order valence-electron chi connectivity index (χ4n) is 5.21. The lowest BCUT2D eigenvalue weighted by molar-refractivity contribution is 1.28. The molecule has 6 aromatic rings. The second-order valence-electron chi connectivity index (χ2n) is 9.73. The van der Waals surface area contributed by atoms with Gasteiger partial charge >= 0.3 is 0 Å². The molecule has 0 aromatic heterocycles. The molecule has 0 unspecified atom stereocenters. The second kappa shape index (κ2) is 10.6. The smallest absolute Gasteiger partial charge is 0.202 e. The maximum Gasteiger partial charge on any atom is 0.202 e. The molecule has 40 heavy (non-hydrogen) atoms. The molecule has 0 saturated carbocycles. The van der Waals surface area contributed by atoms with Crippen molar-refractivity contribution in [3.8, 4) is 6.07 Å². The largest absolute Gasteiger partial charge is 0.311 e. The van der Waals surface area contributed by atoms with Crippen LogP contribution >= 0.6 is 0 Å². The molecule has 0 saturated heterocycles. The van der Waals surface area contributed by atoms with Crippen molar-refractivity contribution in [3.05, 3.63) is 155 Å². The Bertz CT molecular complexity index is 1920. The highest BCUT2D eigenvalue weighted by Crippen LogP contribution is 2.39. The fraction of sp³-hybridized carbons (Fsp3) is 0.0270. The van der Waals surface area contributed by atoms with Gasteiger partial charge in [-0.1, -0.05) is 103 Å². The van der Waals surface area contributed by atoms with E-state index in [2.05, 4.69) is 101 Å². The van der Waals surface area contributed by atoms with Gasteiger partial charge in [-0.2, -0.15) is 5.26 Å². The van der Waals surface area contributed by atoms with Crippen LogP contribution in [0.2, 0.25) is 0 Å². The maximum absolute atomic E-state index is 9.97. The van der Waals surface area contributed by atoms with Crippen molar-refractivity contribution in [1.29, 1.82) is 5.26 Å². The zero-order chi connectivity index (χ0) is 27.5. The highest BCUT2D eigenvalue weighted by molar-refractivity contribution is 6.15. The normalized spacial score (nSPS) is 11.0. The number of hydrogen-bond donors (Lipinski definition) is 0. The summed E-state index contributed by atoms with van der Waals surface area (Å²) in [4.78, 5) is 6.12. The van der Waals surface area contributed by atoms with Crippen molar-refractivity contribution in [2.75, 3.05) is 4.90 Å². The summed E-state index contributed by atoms with van der Waals surface area (Å²) in [6, 6.07) is 43.5. The van der Waals surface area contributed by atoms with Gasteiger partial charge in [0.25, 0.3) is 0 Å². The van der Waals surface area contributed by atoms with Gasteiger partial charge in [0.05, 0.1) is 12.1 Å². The zero-order valence-electron chi connectivity index (χ0n) is 22.0. The number of rotatable bonds is 5. The molecule has 0 radical (unpaired) electrons. The van der Waals surface area contributed by atoms with Crippen molar-refractivity contribution < 1.29 is 0 Å². The van der Waals surface area contributed by atoms with Crippen LogP contribution in [0.25, 0.3) is 38.5 Å². The molecule has 0 aliphatic heterocycles. The Kier molecular flexibility index (Phi) is 6.55. The molecule has 0 fully saturated rings. The van der Waals surface area contributed by atoms with Crippen LogP contribution in [-0.2, 0) is 0 Å². The number of benzene rings is 6. The van der Waals surface area contributed by atoms with Gasteiger partial charge in [-0.3, -0.25) is 0 Å². The molecule has 0 aliphatic rings. The second-order valence-corrected chi connectivity index (χ2v) is 9.73. The third kappa shape index (κ3) is 4.58. The molecule has 0 spiro atoms. The lowest BCUT2D eigenvalue weighted by Gasteiger charge is -2.25. The molecule has 0 heterocycles. The number of fused-ring (bicyclic) bond motifs is 2. The quantitative estimate of drug-likeness (QED) is 0.131. The van der Waals surface area contributed by atoms with Gasteiger partial charge in [-0.05, 0) is 76.0 Å². The minimum atomic E-state index is 0.588. The highest BCUT2D eigenvalue weighted by Gasteiger charge is 2.15. The Labute approximate surface area is 234 Å². The molecule has 0 N–H and O–H groups in total. The van der Waals surface area contributed by atoms with Crippen molar-refractivity contribution in [1.82, 2.24) is 0 Å². The van der Waals surface area contributed by atoms with Gasteiger partial charge in [-0.25, -0.2) is 4.85 Å². The van der Waals surface area contributed by atoms with E-state index in [4.69, 9.17) is 6.57 Å². The summed E-state index contributed by atoms with van der Waals surface area (Å²) in [6.45, 7) is 9.90. The molecule has 0 aliphatic carbocycles. The summed E-state index contributed by atoms with van der Waals surface area (Å²) in [5.41, 5.74) is 7.60.